The maximum atomic E-state index is 12.7. The van der Waals surface area contributed by atoms with Crippen molar-refractivity contribution in [1.29, 1.82) is 0 Å². The number of anilines is 1. The molecular formula is C16H19ClN4O4S. The maximum absolute atomic E-state index is 12.7. The topological polar surface area (TPSA) is 103 Å². The molecule has 1 saturated heterocycles. The second kappa shape index (κ2) is 7.16. The van der Waals surface area contributed by atoms with Gasteiger partial charge in [-0.25, -0.2) is 8.42 Å². The zero-order valence-electron chi connectivity index (χ0n) is 14.2. The molecule has 26 heavy (non-hydrogen) atoms. The van der Waals surface area contributed by atoms with E-state index in [4.69, 9.17) is 11.6 Å². The van der Waals surface area contributed by atoms with Crippen LogP contribution in [0, 0.1) is 0 Å². The van der Waals surface area contributed by atoms with E-state index < -0.39 is 10.0 Å². The minimum Gasteiger partial charge on any atom is -0.351 e. The van der Waals surface area contributed by atoms with Crippen molar-refractivity contribution in [3.63, 3.8) is 0 Å². The van der Waals surface area contributed by atoms with Crippen LogP contribution < -0.4 is 4.72 Å². The molecule has 2 aromatic rings. The first kappa shape index (κ1) is 18.5. The number of amides is 2. The Morgan fingerprint density at radius 2 is 1.81 bits per heavy atom. The normalized spacial score (nSPS) is 15.3. The molecule has 2 heterocycles. The van der Waals surface area contributed by atoms with Gasteiger partial charge in [-0.1, -0.05) is 0 Å². The summed E-state index contributed by atoms with van der Waals surface area (Å²) in [6, 6.07) is 6.71. The van der Waals surface area contributed by atoms with Crippen LogP contribution in [0.15, 0.2) is 24.3 Å². The summed E-state index contributed by atoms with van der Waals surface area (Å²) in [6.07, 6.45) is 1.08. The van der Waals surface area contributed by atoms with Crippen molar-refractivity contribution in [2.24, 2.45) is 0 Å². The average molecular weight is 399 g/mol. The van der Waals surface area contributed by atoms with Crippen molar-refractivity contribution >= 4 is 50.0 Å². The van der Waals surface area contributed by atoms with Crippen LogP contribution in [0.1, 0.15) is 10.5 Å². The van der Waals surface area contributed by atoms with E-state index in [9.17, 15) is 18.0 Å². The summed E-state index contributed by atoms with van der Waals surface area (Å²) in [7, 11) is -3.36. The summed E-state index contributed by atoms with van der Waals surface area (Å²) >= 11 is 5.56. The van der Waals surface area contributed by atoms with Gasteiger partial charge in [-0.3, -0.25) is 14.3 Å². The Hall–Kier alpha value is -2.26. The standard InChI is InChI=1S/C16H19ClN4O4S/c1-26(24,25)19-12-2-3-13-11(8-12)9-14(18-13)16(23)21-6-4-20(5-7-21)15(22)10-17/h2-3,8-9,18-19H,4-7,10H2,1H3. The lowest BCUT2D eigenvalue weighted by Gasteiger charge is -2.34. The molecule has 10 heteroatoms. The molecule has 2 N–H and O–H groups in total. The number of aromatic amines is 1. The number of benzene rings is 1. The predicted molar refractivity (Wildman–Crippen MR) is 100.0 cm³/mol. The number of nitrogens with zero attached hydrogens (tertiary/aromatic N) is 2. The van der Waals surface area contributed by atoms with Crippen molar-refractivity contribution in [2.45, 2.75) is 0 Å². The number of carbonyl (C=O) groups excluding carboxylic acids is 2. The molecule has 0 atom stereocenters. The van der Waals surface area contributed by atoms with Crippen LogP contribution in [-0.2, 0) is 14.8 Å². The first-order valence-electron chi connectivity index (χ1n) is 8.00. The Morgan fingerprint density at radius 3 is 2.42 bits per heavy atom. The molecule has 1 aromatic carbocycles. The van der Waals surface area contributed by atoms with E-state index >= 15 is 0 Å². The number of fused-ring (bicyclic) bond motifs is 1. The quantitative estimate of drug-likeness (QED) is 0.751. The third kappa shape index (κ3) is 4.10. The minimum absolute atomic E-state index is 0.0557. The van der Waals surface area contributed by atoms with Gasteiger partial charge in [0.25, 0.3) is 5.91 Å². The summed E-state index contributed by atoms with van der Waals surface area (Å²) in [5.41, 5.74) is 1.60. The van der Waals surface area contributed by atoms with Crippen LogP contribution >= 0.6 is 11.6 Å². The Morgan fingerprint density at radius 1 is 1.15 bits per heavy atom. The summed E-state index contributed by atoms with van der Waals surface area (Å²) in [4.78, 5) is 30.7. The van der Waals surface area contributed by atoms with Gasteiger partial charge in [-0.15, -0.1) is 11.6 Å². The highest BCUT2D eigenvalue weighted by molar-refractivity contribution is 7.92. The predicted octanol–water partition coefficient (Wildman–Crippen LogP) is 1.06. The Kier molecular flexibility index (Phi) is 5.10. The zero-order chi connectivity index (χ0) is 18.9. The SMILES string of the molecule is CS(=O)(=O)Nc1ccc2[nH]c(C(=O)N3CCN(C(=O)CCl)CC3)cc2c1. The lowest BCUT2D eigenvalue weighted by atomic mass is 10.2. The van der Waals surface area contributed by atoms with Gasteiger partial charge in [0.2, 0.25) is 15.9 Å². The Labute approximate surface area is 156 Å². The van der Waals surface area contributed by atoms with E-state index in [1.807, 2.05) is 0 Å². The molecule has 140 valence electrons. The number of aromatic nitrogens is 1. The molecule has 0 bridgehead atoms. The van der Waals surface area contributed by atoms with Crippen LogP contribution in [0.25, 0.3) is 10.9 Å². The Balaban J connectivity index is 1.74. The molecule has 0 radical (unpaired) electrons. The molecule has 2 amide bonds. The van der Waals surface area contributed by atoms with Gasteiger partial charge in [0.15, 0.2) is 0 Å². The monoisotopic (exact) mass is 398 g/mol. The van der Waals surface area contributed by atoms with Gasteiger partial charge in [-0.2, -0.15) is 0 Å². The first-order valence-corrected chi connectivity index (χ1v) is 10.4. The van der Waals surface area contributed by atoms with Gasteiger partial charge >= 0.3 is 0 Å². The lowest BCUT2D eigenvalue weighted by molar-refractivity contribution is -0.129. The molecular weight excluding hydrogens is 380 g/mol. The van der Waals surface area contributed by atoms with E-state index in [1.54, 1.807) is 34.1 Å². The van der Waals surface area contributed by atoms with Gasteiger partial charge in [0.1, 0.15) is 11.6 Å². The van der Waals surface area contributed by atoms with Gasteiger partial charge in [-0.05, 0) is 24.3 Å². The number of rotatable bonds is 4. The lowest BCUT2D eigenvalue weighted by Crippen LogP contribution is -2.51. The second-order valence-corrected chi connectivity index (χ2v) is 8.18. The molecule has 3 rings (SSSR count). The Bertz CT molecular complexity index is 948. The van der Waals surface area contributed by atoms with Crippen molar-refractivity contribution in [2.75, 3.05) is 43.0 Å². The number of hydrogen-bond acceptors (Lipinski definition) is 4. The van der Waals surface area contributed by atoms with Crippen LogP contribution in [0.3, 0.4) is 0 Å². The van der Waals surface area contributed by atoms with Crippen molar-refractivity contribution in [1.82, 2.24) is 14.8 Å². The number of carbonyl (C=O) groups is 2. The van der Waals surface area contributed by atoms with Crippen LogP contribution in [-0.4, -0.2) is 73.3 Å². The molecule has 1 aromatic heterocycles. The molecule has 1 aliphatic rings. The van der Waals surface area contributed by atoms with Gasteiger partial charge in [0.05, 0.1) is 6.26 Å². The van der Waals surface area contributed by atoms with E-state index in [0.717, 1.165) is 17.2 Å². The van der Waals surface area contributed by atoms with Crippen molar-refractivity contribution < 1.29 is 18.0 Å². The van der Waals surface area contributed by atoms with Crippen molar-refractivity contribution in [3.8, 4) is 0 Å². The maximum Gasteiger partial charge on any atom is 0.270 e. The summed E-state index contributed by atoms with van der Waals surface area (Å²) < 4.78 is 25.1. The molecule has 8 nitrogen and oxygen atoms in total. The molecule has 1 fully saturated rings. The molecule has 1 aliphatic heterocycles. The fourth-order valence-corrected chi connectivity index (χ4v) is 3.66. The van der Waals surface area contributed by atoms with Crippen LogP contribution in [0.2, 0.25) is 0 Å². The summed E-state index contributed by atoms with van der Waals surface area (Å²) in [5, 5.41) is 0.734. The summed E-state index contributed by atoms with van der Waals surface area (Å²) in [5.74, 6) is -0.341. The highest BCUT2D eigenvalue weighted by Gasteiger charge is 2.25. The number of piperazine rings is 1. The van der Waals surface area contributed by atoms with E-state index in [0.29, 0.717) is 37.6 Å². The largest absolute Gasteiger partial charge is 0.351 e. The van der Waals surface area contributed by atoms with Crippen LogP contribution in [0.5, 0.6) is 0 Å². The zero-order valence-corrected chi connectivity index (χ0v) is 15.7. The highest BCUT2D eigenvalue weighted by atomic mass is 35.5. The highest BCUT2D eigenvalue weighted by Crippen LogP contribution is 2.22. The number of hydrogen-bond donors (Lipinski definition) is 2. The van der Waals surface area contributed by atoms with E-state index in [-0.39, 0.29) is 17.7 Å². The van der Waals surface area contributed by atoms with Crippen molar-refractivity contribution in [3.05, 3.63) is 30.0 Å². The number of sulfonamides is 1. The van der Waals surface area contributed by atoms with Gasteiger partial charge < -0.3 is 14.8 Å². The fourth-order valence-electron chi connectivity index (χ4n) is 2.94. The number of H-pyrrole nitrogens is 1. The number of nitrogens with one attached hydrogen (secondary N) is 2. The molecule has 0 spiro atoms. The fraction of sp³-hybridized carbons (Fsp3) is 0.375. The summed E-state index contributed by atoms with van der Waals surface area (Å²) in [6.45, 7) is 1.80. The molecule has 0 unspecified atom stereocenters. The minimum atomic E-state index is -3.36. The van der Waals surface area contributed by atoms with E-state index in [2.05, 4.69) is 9.71 Å². The third-order valence-electron chi connectivity index (χ3n) is 4.19. The first-order chi connectivity index (χ1) is 12.3. The third-order valence-corrected chi connectivity index (χ3v) is 5.02. The van der Waals surface area contributed by atoms with Gasteiger partial charge in [0, 0.05) is 42.8 Å². The molecule has 0 saturated carbocycles. The van der Waals surface area contributed by atoms with E-state index in [1.165, 1.54) is 0 Å². The smallest absolute Gasteiger partial charge is 0.270 e. The average Bonchev–Trinajstić information content (AvgIpc) is 3.02. The number of alkyl halides is 1. The molecule has 0 aliphatic carbocycles. The number of halogens is 1. The van der Waals surface area contributed by atoms with Crippen LogP contribution in [0.4, 0.5) is 5.69 Å². The second-order valence-electron chi connectivity index (χ2n) is 6.17.